The topological polar surface area (TPSA) is 71.2 Å². The average Bonchev–Trinajstić information content (AvgIpc) is 2.48. The van der Waals surface area contributed by atoms with Crippen molar-refractivity contribution >= 4 is 11.7 Å². The lowest BCUT2D eigenvalue weighted by atomic mass is 9.97. The molecule has 1 aromatic heterocycles. The molecule has 2 rings (SSSR count). The Morgan fingerprint density at radius 3 is 3.10 bits per heavy atom. The molecule has 0 radical (unpaired) electrons. The third-order valence-electron chi connectivity index (χ3n) is 3.77. The van der Waals surface area contributed by atoms with E-state index in [1.54, 1.807) is 4.90 Å². The number of carbonyl (C=O) groups excluding carboxylic acids is 1. The Bertz CT molecular complexity index is 478. The zero-order valence-corrected chi connectivity index (χ0v) is 11.7. The van der Waals surface area contributed by atoms with E-state index >= 15 is 0 Å². The van der Waals surface area contributed by atoms with Crippen LogP contribution >= 0.6 is 0 Å². The number of carbonyl (C=O) groups is 1. The van der Waals surface area contributed by atoms with Crippen LogP contribution in [0.25, 0.3) is 0 Å². The van der Waals surface area contributed by atoms with E-state index in [9.17, 15) is 9.18 Å². The highest BCUT2D eigenvalue weighted by Crippen LogP contribution is 2.24. The van der Waals surface area contributed by atoms with Crippen LogP contribution in [0.1, 0.15) is 49.4 Å². The molecule has 1 aliphatic rings. The van der Waals surface area contributed by atoms with Gasteiger partial charge in [-0.3, -0.25) is 4.79 Å². The maximum atomic E-state index is 14.1. The summed E-state index contributed by atoms with van der Waals surface area (Å²) in [6.07, 6.45) is 6.46. The van der Waals surface area contributed by atoms with Crippen LogP contribution in [0.15, 0.2) is 12.3 Å². The van der Waals surface area contributed by atoms with Crippen LogP contribution in [0.4, 0.5) is 10.2 Å². The number of piperidine rings is 1. The smallest absolute Gasteiger partial charge is 0.257 e. The summed E-state index contributed by atoms with van der Waals surface area (Å²) < 4.78 is 14.1. The summed E-state index contributed by atoms with van der Waals surface area (Å²) in [4.78, 5) is 18.1. The minimum absolute atomic E-state index is 0.0379. The predicted molar refractivity (Wildman–Crippen MR) is 75.6 cm³/mol. The SMILES string of the molecule is CCCC1CCCCN1C(=O)c1ccnc(NN)c1F. The van der Waals surface area contributed by atoms with Crippen LogP contribution in [0.3, 0.4) is 0 Å². The molecule has 0 spiro atoms. The molecular formula is C14H21FN4O. The van der Waals surface area contributed by atoms with Crippen molar-refractivity contribution < 1.29 is 9.18 Å². The maximum Gasteiger partial charge on any atom is 0.257 e. The monoisotopic (exact) mass is 280 g/mol. The fourth-order valence-corrected chi connectivity index (χ4v) is 2.77. The van der Waals surface area contributed by atoms with Gasteiger partial charge in [0.05, 0.1) is 5.56 Å². The Kier molecular flexibility index (Phi) is 4.89. The summed E-state index contributed by atoms with van der Waals surface area (Å²) in [5, 5.41) is 0. The number of likely N-dealkylation sites (tertiary alicyclic amines) is 1. The van der Waals surface area contributed by atoms with Gasteiger partial charge in [0.15, 0.2) is 11.6 Å². The number of anilines is 1. The number of nitrogens with one attached hydrogen (secondary N) is 1. The Morgan fingerprint density at radius 1 is 1.60 bits per heavy atom. The molecule has 5 nitrogen and oxygen atoms in total. The molecule has 6 heteroatoms. The first kappa shape index (κ1) is 14.7. The van der Waals surface area contributed by atoms with Gasteiger partial charge in [-0.05, 0) is 31.7 Å². The zero-order valence-electron chi connectivity index (χ0n) is 11.7. The molecule has 0 aromatic carbocycles. The van der Waals surface area contributed by atoms with Crippen molar-refractivity contribution in [3.05, 3.63) is 23.6 Å². The number of nitrogen functional groups attached to an aromatic ring is 1. The molecule has 1 aromatic rings. The first-order valence-electron chi connectivity index (χ1n) is 7.11. The standard InChI is InChI=1S/C14H21FN4O/c1-2-5-10-6-3-4-9-19(10)14(20)11-7-8-17-13(18-16)12(11)15/h7-8,10H,2-6,9,16H2,1H3,(H,17,18). The number of nitrogens with two attached hydrogens (primary N) is 1. The van der Waals surface area contributed by atoms with E-state index in [-0.39, 0.29) is 23.3 Å². The normalized spacial score (nSPS) is 18.9. The molecule has 0 bridgehead atoms. The molecule has 1 atom stereocenters. The highest BCUT2D eigenvalue weighted by molar-refractivity contribution is 5.95. The van der Waals surface area contributed by atoms with E-state index in [1.165, 1.54) is 12.3 Å². The lowest BCUT2D eigenvalue weighted by Crippen LogP contribution is -2.44. The van der Waals surface area contributed by atoms with Gasteiger partial charge >= 0.3 is 0 Å². The molecule has 0 saturated carbocycles. The fraction of sp³-hybridized carbons (Fsp3) is 0.571. The fourth-order valence-electron chi connectivity index (χ4n) is 2.77. The van der Waals surface area contributed by atoms with Gasteiger partial charge in [0.2, 0.25) is 0 Å². The third-order valence-corrected chi connectivity index (χ3v) is 3.77. The lowest BCUT2D eigenvalue weighted by molar-refractivity contribution is 0.0596. The van der Waals surface area contributed by atoms with Crippen molar-refractivity contribution in [2.45, 2.75) is 45.1 Å². The van der Waals surface area contributed by atoms with Crippen LogP contribution in [0.2, 0.25) is 0 Å². The number of nitrogens with zero attached hydrogens (tertiary/aromatic N) is 2. The van der Waals surface area contributed by atoms with Crippen molar-refractivity contribution in [3.8, 4) is 0 Å². The molecule has 1 aliphatic heterocycles. The van der Waals surface area contributed by atoms with Crippen LogP contribution in [-0.4, -0.2) is 28.4 Å². The summed E-state index contributed by atoms with van der Waals surface area (Å²) >= 11 is 0. The van der Waals surface area contributed by atoms with Crippen molar-refractivity contribution in [3.63, 3.8) is 0 Å². The van der Waals surface area contributed by atoms with Crippen LogP contribution in [0.5, 0.6) is 0 Å². The molecule has 1 unspecified atom stereocenters. The number of amides is 1. The van der Waals surface area contributed by atoms with Gasteiger partial charge in [-0.25, -0.2) is 15.2 Å². The van der Waals surface area contributed by atoms with E-state index in [1.807, 2.05) is 0 Å². The first-order valence-corrected chi connectivity index (χ1v) is 7.11. The molecule has 110 valence electrons. The highest BCUT2D eigenvalue weighted by atomic mass is 19.1. The Morgan fingerprint density at radius 2 is 2.40 bits per heavy atom. The minimum Gasteiger partial charge on any atom is -0.336 e. The summed E-state index contributed by atoms with van der Waals surface area (Å²) in [7, 11) is 0. The zero-order chi connectivity index (χ0) is 14.5. The quantitative estimate of drug-likeness (QED) is 0.656. The average molecular weight is 280 g/mol. The predicted octanol–water partition coefficient (Wildman–Crippen LogP) is 2.30. The Hall–Kier alpha value is -1.69. The largest absolute Gasteiger partial charge is 0.336 e. The van der Waals surface area contributed by atoms with Crippen LogP contribution in [-0.2, 0) is 0 Å². The summed E-state index contributed by atoms with van der Waals surface area (Å²) in [5.41, 5.74) is 2.21. The Labute approximate surface area is 118 Å². The number of aromatic nitrogens is 1. The van der Waals surface area contributed by atoms with E-state index in [2.05, 4.69) is 17.3 Å². The van der Waals surface area contributed by atoms with Crippen molar-refractivity contribution in [1.29, 1.82) is 0 Å². The van der Waals surface area contributed by atoms with Gasteiger partial charge in [-0.2, -0.15) is 0 Å². The first-order chi connectivity index (χ1) is 9.69. The number of hydrazine groups is 1. The number of pyridine rings is 1. The van der Waals surface area contributed by atoms with E-state index in [0.29, 0.717) is 6.54 Å². The Balaban J connectivity index is 2.25. The number of rotatable bonds is 4. The number of hydrogen-bond acceptors (Lipinski definition) is 4. The molecule has 2 heterocycles. The van der Waals surface area contributed by atoms with Crippen molar-refractivity contribution in [1.82, 2.24) is 9.88 Å². The lowest BCUT2D eigenvalue weighted by Gasteiger charge is -2.36. The molecule has 20 heavy (non-hydrogen) atoms. The van der Waals surface area contributed by atoms with Gasteiger partial charge in [0.25, 0.3) is 5.91 Å². The summed E-state index contributed by atoms with van der Waals surface area (Å²) in [6.45, 7) is 2.79. The summed E-state index contributed by atoms with van der Waals surface area (Å²) in [5.74, 6) is 4.15. The van der Waals surface area contributed by atoms with Crippen LogP contribution < -0.4 is 11.3 Å². The van der Waals surface area contributed by atoms with E-state index < -0.39 is 5.82 Å². The second-order valence-electron chi connectivity index (χ2n) is 5.10. The highest BCUT2D eigenvalue weighted by Gasteiger charge is 2.29. The second kappa shape index (κ2) is 6.65. The second-order valence-corrected chi connectivity index (χ2v) is 5.10. The molecule has 0 aliphatic carbocycles. The van der Waals surface area contributed by atoms with Crippen molar-refractivity contribution in [2.24, 2.45) is 5.84 Å². The molecule has 1 saturated heterocycles. The number of hydrogen-bond donors (Lipinski definition) is 2. The van der Waals surface area contributed by atoms with Gasteiger partial charge < -0.3 is 10.3 Å². The maximum absolute atomic E-state index is 14.1. The van der Waals surface area contributed by atoms with E-state index in [0.717, 1.165) is 32.1 Å². The molecule has 1 fully saturated rings. The molecular weight excluding hydrogens is 259 g/mol. The van der Waals surface area contributed by atoms with Gasteiger partial charge in [-0.15, -0.1) is 0 Å². The van der Waals surface area contributed by atoms with Gasteiger partial charge in [0.1, 0.15) is 0 Å². The van der Waals surface area contributed by atoms with Crippen LogP contribution in [0, 0.1) is 5.82 Å². The van der Waals surface area contributed by atoms with E-state index in [4.69, 9.17) is 5.84 Å². The van der Waals surface area contributed by atoms with Crippen molar-refractivity contribution in [2.75, 3.05) is 12.0 Å². The van der Waals surface area contributed by atoms with Gasteiger partial charge in [-0.1, -0.05) is 13.3 Å². The molecule has 3 N–H and O–H groups in total. The summed E-state index contributed by atoms with van der Waals surface area (Å²) in [6, 6.07) is 1.62. The molecule has 1 amide bonds. The third kappa shape index (κ3) is 2.90. The minimum atomic E-state index is -0.680. The van der Waals surface area contributed by atoms with Gasteiger partial charge in [0, 0.05) is 18.8 Å². The number of halogens is 1.